The lowest BCUT2D eigenvalue weighted by Crippen LogP contribution is -2.18. The summed E-state index contributed by atoms with van der Waals surface area (Å²) >= 11 is 0. The number of carbonyl (C=O) groups excluding carboxylic acids is 1. The molecule has 1 unspecified atom stereocenters. The highest BCUT2D eigenvalue weighted by atomic mass is 16.5. The number of hydrogen-bond acceptors (Lipinski definition) is 5. The number of ether oxygens (including phenoxy) is 2. The summed E-state index contributed by atoms with van der Waals surface area (Å²) in [6.45, 7) is 1.64. The molecule has 1 aromatic rings. The van der Waals surface area contributed by atoms with Crippen molar-refractivity contribution in [1.29, 1.82) is 0 Å². The van der Waals surface area contributed by atoms with Crippen molar-refractivity contribution < 1.29 is 14.3 Å². The van der Waals surface area contributed by atoms with Crippen molar-refractivity contribution in [1.82, 2.24) is 4.98 Å². The minimum Gasteiger partial charge on any atom is -0.453 e. The molecule has 1 aliphatic rings. The van der Waals surface area contributed by atoms with Crippen LogP contribution in [0.5, 0.6) is 0 Å². The van der Waals surface area contributed by atoms with Crippen LogP contribution in [0.1, 0.15) is 12.8 Å². The Bertz CT molecular complexity index is 388. The number of aromatic nitrogens is 1. The van der Waals surface area contributed by atoms with Crippen LogP contribution in [0.2, 0.25) is 0 Å². The zero-order valence-corrected chi connectivity index (χ0v) is 10.3. The molecule has 18 heavy (non-hydrogen) atoms. The Labute approximate surface area is 106 Å². The second kappa shape index (κ2) is 6.20. The molecule has 1 saturated heterocycles. The van der Waals surface area contributed by atoms with Crippen LogP contribution < -0.4 is 10.6 Å². The fourth-order valence-electron chi connectivity index (χ4n) is 1.76. The molecule has 1 atom stereocenters. The molecule has 98 valence electrons. The maximum atomic E-state index is 11.0. The predicted octanol–water partition coefficient (Wildman–Crippen LogP) is 1.85. The fourth-order valence-corrected chi connectivity index (χ4v) is 1.76. The van der Waals surface area contributed by atoms with Gasteiger partial charge in [0.15, 0.2) is 0 Å². The molecular formula is C12H17N3O3. The summed E-state index contributed by atoms with van der Waals surface area (Å²) in [5.41, 5.74) is 0.904. The molecule has 0 aromatic carbocycles. The molecule has 2 N–H and O–H groups in total. The Morgan fingerprint density at radius 3 is 3.11 bits per heavy atom. The van der Waals surface area contributed by atoms with E-state index in [1.54, 1.807) is 12.3 Å². The van der Waals surface area contributed by atoms with Gasteiger partial charge in [-0.05, 0) is 25.0 Å². The second-order valence-corrected chi connectivity index (χ2v) is 4.06. The number of hydrogen-bond donors (Lipinski definition) is 2. The standard InChI is InChI=1S/C12H17N3O3/c1-17-12(16)15-11-5-4-9(7-14-11)13-8-10-3-2-6-18-10/h4-5,7,10,13H,2-3,6,8H2,1H3,(H,14,15,16). The number of rotatable bonds is 4. The fraction of sp³-hybridized carbons (Fsp3) is 0.500. The SMILES string of the molecule is COC(=O)Nc1ccc(NCC2CCCO2)cn1. The van der Waals surface area contributed by atoms with E-state index in [-0.39, 0.29) is 6.10 Å². The van der Waals surface area contributed by atoms with Gasteiger partial charge < -0.3 is 14.8 Å². The molecule has 6 heteroatoms. The monoisotopic (exact) mass is 251 g/mol. The maximum absolute atomic E-state index is 11.0. The highest BCUT2D eigenvalue weighted by Crippen LogP contribution is 2.14. The van der Waals surface area contributed by atoms with Crippen LogP contribution in [-0.4, -0.2) is 37.4 Å². The number of nitrogens with one attached hydrogen (secondary N) is 2. The summed E-state index contributed by atoms with van der Waals surface area (Å²) < 4.78 is 9.99. The first-order valence-electron chi connectivity index (χ1n) is 5.94. The van der Waals surface area contributed by atoms with Crippen molar-refractivity contribution in [2.24, 2.45) is 0 Å². The maximum Gasteiger partial charge on any atom is 0.412 e. The predicted molar refractivity (Wildman–Crippen MR) is 67.7 cm³/mol. The van der Waals surface area contributed by atoms with E-state index in [2.05, 4.69) is 20.4 Å². The van der Waals surface area contributed by atoms with Gasteiger partial charge in [0.05, 0.1) is 25.1 Å². The van der Waals surface area contributed by atoms with Gasteiger partial charge in [0, 0.05) is 13.2 Å². The Morgan fingerprint density at radius 2 is 2.50 bits per heavy atom. The molecule has 2 rings (SSSR count). The van der Waals surface area contributed by atoms with Crippen LogP contribution in [0.15, 0.2) is 18.3 Å². The normalized spacial score (nSPS) is 18.4. The van der Waals surface area contributed by atoms with Gasteiger partial charge in [-0.1, -0.05) is 0 Å². The van der Waals surface area contributed by atoms with Crippen LogP contribution in [0.25, 0.3) is 0 Å². The average Bonchev–Trinajstić information content (AvgIpc) is 2.91. The molecule has 0 bridgehead atoms. The molecule has 1 aliphatic heterocycles. The summed E-state index contributed by atoms with van der Waals surface area (Å²) in [6.07, 6.45) is 3.66. The third kappa shape index (κ3) is 3.59. The lowest BCUT2D eigenvalue weighted by Gasteiger charge is -2.11. The van der Waals surface area contributed by atoms with Gasteiger partial charge in [-0.3, -0.25) is 5.32 Å². The van der Waals surface area contributed by atoms with Crippen molar-refractivity contribution in [3.05, 3.63) is 18.3 Å². The molecule has 1 amide bonds. The summed E-state index contributed by atoms with van der Waals surface area (Å²) in [5, 5.41) is 5.74. The van der Waals surface area contributed by atoms with E-state index in [1.807, 2.05) is 6.07 Å². The molecule has 0 radical (unpaired) electrons. The molecule has 6 nitrogen and oxygen atoms in total. The van der Waals surface area contributed by atoms with Crippen LogP contribution in [0.3, 0.4) is 0 Å². The van der Waals surface area contributed by atoms with Gasteiger partial charge in [0.1, 0.15) is 5.82 Å². The first kappa shape index (κ1) is 12.6. The lowest BCUT2D eigenvalue weighted by atomic mass is 10.2. The van der Waals surface area contributed by atoms with E-state index in [9.17, 15) is 4.79 Å². The van der Waals surface area contributed by atoms with Crippen molar-refractivity contribution in [2.45, 2.75) is 18.9 Å². The number of carbonyl (C=O) groups is 1. The van der Waals surface area contributed by atoms with Crippen LogP contribution in [-0.2, 0) is 9.47 Å². The lowest BCUT2D eigenvalue weighted by molar-refractivity contribution is 0.120. The average molecular weight is 251 g/mol. The largest absolute Gasteiger partial charge is 0.453 e. The Morgan fingerprint density at radius 1 is 1.61 bits per heavy atom. The minimum atomic E-state index is -0.525. The topological polar surface area (TPSA) is 72.5 Å². The highest BCUT2D eigenvalue weighted by molar-refractivity contribution is 5.83. The Kier molecular flexibility index (Phi) is 4.35. The molecule has 2 heterocycles. The zero-order valence-electron chi connectivity index (χ0n) is 10.3. The third-order valence-electron chi connectivity index (χ3n) is 2.74. The number of pyridine rings is 1. The van der Waals surface area contributed by atoms with E-state index in [0.29, 0.717) is 5.82 Å². The molecule has 1 aromatic heterocycles. The van der Waals surface area contributed by atoms with Crippen molar-refractivity contribution in [3.8, 4) is 0 Å². The van der Waals surface area contributed by atoms with E-state index in [0.717, 1.165) is 31.7 Å². The summed E-state index contributed by atoms with van der Waals surface area (Å²) in [4.78, 5) is 15.1. The van der Waals surface area contributed by atoms with Gasteiger partial charge in [0.2, 0.25) is 0 Å². The zero-order chi connectivity index (χ0) is 12.8. The number of nitrogens with zero attached hydrogens (tertiary/aromatic N) is 1. The van der Waals surface area contributed by atoms with Gasteiger partial charge in [-0.25, -0.2) is 9.78 Å². The van der Waals surface area contributed by atoms with Crippen LogP contribution in [0, 0.1) is 0 Å². The van der Waals surface area contributed by atoms with Crippen molar-refractivity contribution in [3.63, 3.8) is 0 Å². The van der Waals surface area contributed by atoms with Crippen molar-refractivity contribution in [2.75, 3.05) is 30.9 Å². The molecule has 0 spiro atoms. The summed E-state index contributed by atoms with van der Waals surface area (Å²) in [6, 6.07) is 3.57. The Hall–Kier alpha value is -1.82. The third-order valence-corrected chi connectivity index (χ3v) is 2.74. The number of methoxy groups -OCH3 is 1. The molecule has 0 aliphatic carbocycles. The van der Waals surface area contributed by atoms with Gasteiger partial charge >= 0.3 is 6.09 Å². The quantitative estimate of drug-likeness (QED) is 0.854. The smallest absolute Gasteiger partial charge is 0.412 e. The van der Waals surface area contributed by atoms with E-state index >= 15 is 0 Å². The van der Waals surface area contributed by atoms with Crippen molar-refractivity contribution >= 4 is 17.6 Å². The highest BCUT2D eigenvalue weighted by Gasteiger charge is 2.14. The van der Waals surface area contributed by atoms with Crippen LogP contribution in [0.4, 0.5) is 16.3 Å². The first-order chi connectivity index (χ1) is 8.78. The van der Waals surface area contributed by atoms with Gasteiger partial charge in [-0.2, -0.15) is 0 Å². The summed E-state index contributed by atoms with van der Waals surface area (Å²) in [7, 11) is 1.31. The summed E-state index contributed by atoms with van der Waals surface area (Å²) in [5.74, 6) is 0.463. The van der Waals surface area contributed by atoms with Gasteiger partial charge in [-0.15, -0.1) is 0 Å². The van der Waals surface area contributed by atoms with E-state index in [4.69, 9.17) is 4.74 Å². The first-order valence-corrected chi connectivity index (χ1v) is 5.94. The molecule has 0 saturated carbocycles. The van der Waals surface area contributed by atoms with E-state index in [1.165, 1.54) is 7.11 Å². The molecular weight excluding hydrogens is 234 g/mol. The number of anilines is 2. The second-order valence-electron chi connectivity index (χ2n) is 4.06. The number of amides is 1. The van der Waals surface area contributed by atoms with Gasteiger partial charge in [0.25, 0.3) is 0 Å². The molecule has 1 fully saturated rings. The van der Waals surface area contributed by atoms with Crippen LogP contribution >= 0.6 is 0 Å². The minimum absolute atomic E-state index is 0.290. The van der Waals surface area contributed by atoms with E-state index < -0.39 is 6.09 Å². The Balaban J connectivity index is 1.81.